The molecule has 1 aromatic rings. The van der Waals surface area contributed by atoms with E-state index in [1.54, 1.807) is 6.92 Å². The highest BCUT2D eigenvalue weighted by Gasteiger charge is 2.26. The van der Waals surface area contributed by atoms with Crippen LogP contribution < -0.4 is 10.1 Å². The summed E-state index contributed by atoms with van der Waals surface area (Å²) >= 11 is 0. The Hall–Kier alpha value is -3.24. The number of carbonyl (C=O) groups excluding carboxylic acids is 2. The van der Waals surface area contributed by atoms with Gasteiger partial charge in [0.2, 0.25) is 5.91 Å². The Kier molecular flexibility index (Phi) is 5.95. The fourth-order valence-electron chi connectivity index (χ4n) is 1.65. The number of rotatable bonds is 7. The molecule has 0 aliphatic rings. The molecule has 0 heterocycles. The molecular weight excluding hydrogens is 314 g/mol. The van der Waals surface area contributed by atoms with E-state index in [0.717, 1.165) is 13.2 Å². The largest absolute Gasteiger partial charge is 0.490 e. The number of nitro benzene ring substituents is 2. The molecule has 0 aliphatic carbocycles. The minimum Gasteiger partial charge on any atom is -0.490 e. The molecule has 0 aromatic heterocycles. The SMILES string of the molecule is CCOC(=O)CC(=O)Nc1cc(OC)c([N+](=O)[O-])cc1[N+](=O)[O-]. The van der Waals surface area contributed by atoms with Crippen LogP contribution in [0.1, 0.15) is 13.3 Å². The van der Waals surface area contributed by atoms with Gasteiger partial charge in [-0.2, -0.15) is 0 Å². The van der Waals surface area contributed by atoms with Crippen molar-refractivity contribution in [3.63, 3.8) is 0 Å². The first kappa shape index (κ1) is 17.8. The van der Waals surface area contributed by atoms with E-state index >= 15 is 0 Å². The topological polar surface area (TPSA) is 151 Å². The average molecular weight is 327 g/mol. The lowest BCUT2D eigenvalue weighted by Crippen LogP contribution is -2.19. The third-order valence-electron chi connectivity index (χ3n) is 2.57. The van der Waals surface area contributed by atoms with Gasteiger partial charge in [-0.25, -0.2) is 0 Å². The van der Waals surface area contributed by atoms with Gasteiger partial charge in [0.15, 0.2) is 5.75 Å². The molecule has 0 saturated carbocycles. The maximum atomic E-state index is 11.7. The predicted octanol–water partition coefficient (Wildman–Crippen LogP) is 1.40. The number of benzene rings is 1. The minimum atomic E-state index is -0.896. The standard InChI is InChI=1S/C12H13N3O8/c1-3-23-12(17)6-11(16)13-7-4-10(22-2)9(15(20)21)5-8(7)14(18)19/h4-5H,3,6H2,1-2H3,(H,13,16). The number of anilines is 1. The van der Waals surface area contributed by atoms with Crippen LogP contribution in [-0.4, -0.2) is 35.4 Å². The molecule has 11 heteroatoms. The van der Waals surface area contributed by atoms with Crippen molar-refractivity contribution in [3.8, 4) is 5.75 Å². The molecule has 0 spiro atoms. The zero-order chi connectivity index (χ0) is 17.6. The highest BCUT2D eigenvalue weighted by molar-refractivity contribution is 6.03. The molecule has 1 amide bonds. The van der Waals surface area contributed by atoms with Crippen LogP contribution in [-0.2, 0) is 14.3 Å². The molecule has 0 aliphatic heterocycles. The number of ether oxygens (including phenoxy) is 2. The van der Waals surface area contributed by atoms with Crippen molar-refractivity contribution >= 4 is 28.9 Å². The van der Waals surface area contributed by atoms with E-state index in [-0.39, 0.29) is 18.0 Å². The van der Waals surface area contributed by atoms with Crippen molar-refractivity contribution in [2.45, 2.75) is 13.3 Å². The van der Waals surface area contributed by atoms with Gasteiger partial charge in [0.1, 0.15) is 12.1 Å². The lowest BCUT2D eigenvalue weighted by molar-refractivity contribution is -0.394. The zero-order valence-corrected chi connectivity index (χ0v) is 12.2. The van der Waals surface area contributed by atoms with Crippen LogP contribution in [0.2, 0.25) is 0 Å². The van der Waals surface area contributed by atoms with E-state index in [0.29, 0.717) is 6.07 Å². The first-order valence-corrected chi connectivity index (χ1v) is 6.26. The molecule has 0 radical (unpaired) electrons. The summed E-state index contributed by atoms with van der Waals surface area (Å²) in [5, 5.41) is 24.0. The van der Waals surface area contributed by atoms with Crippen molar-refractivity contribution in [1.29, 1.82) is 0 Å². The number of esters is 1. The Bertz CT molecular complexity index is 658. The predicted molar refractivity (Wildman–Crippen MR) is 76.2 cm³/mol. The molecular formula is C12H13N3O8. The van der Waals surface area contributed by atoms with Gasteiger partial charge < -0.3 is 14.8 Å². The number of hydrogen-bond acceptors (Lipinski definition) is 8. The normalized spacial score (nSPS) is 9.83. The van der Waals surface area contributed by atoms with Gasteiger partial charge in [0, 0.05) is 6.07 Å². The van der Waals surface area contributed by atoms with Crippen LogP contribution in [0.4, 0.5) is 17.1 Å². The van der Waals surface area contributed by atoms with Crippen LogP contribution in [0.5, 0.6) is 5.75 Å². The van der Waals surface area contributed by atoms with E-state index in [9.17, 15) is 29.8 Å². The van der Waals surface area contributed by atoms with E-state index in [4.69, 9.17) is 4.74 Å². The summed E-state index contributed by atoms with van der Waals surface area (Å²) in [7, 11) is 1.14. The van der Waals surface area contributed by atoms with Crippen molar-refractivity contribution in [2.24, 2.45) is 0 Å². The summed E-state index contributed by atoms with van der Waals surface area (Å²) in [4.78, 5) is 43.0. The molecule has 0 atom stereocenters. The maximum Gasteiger partial charge on any atom is 0.317 e. The number of nitrogens with zero attached hydrogens (tertiary/aromatic N) is 2. The van der Waals surface area contributed by atoms with Gasteiger partial charge >= 0.3 is 11.7 Å². The summed E-state index contributed by atoms with van der Waals surface area (Å²) < 4.78 is 9.35. The number of hydrogen-bond donors (Lipinski definition) is 1. The summed E-state index contributed by atoms with van der Waals surface area (Å²) in [5.74, 6) is -1.93. The van der Waals surface area contributed by atoms with Gasteiger partial charge in [-0.15, -0.1) is 0 Å². The highest BCUT2D eigenvalue weighted by Crippen LogP contribution is 2.37. The van der Waals surface area contributed by atoms with Crippen molar-refractivity contribution in [2.75, 3.05) is 19.0 Å². The number of nitro groups is 2. The second-order valence-corrected chi connectivity index (χ2v) is 4.09. The van der Waals surface area contributed by atoms with Crippen LogP contribution >= 0.6 is 0 Å². The number of methoxy groups -OCH3 is 1. The van der Waals surface area contributed by atoms with E-state index in [2.05, 4.69) is 10.1 Å². The van der Waals surface area contributed by atoms with E-state index in [1.807, 2.05) is 0 Å². The fourth-order valence-corrected chi connectivity index (χ4v) is 1.65. The third kappa shape index (κ3) is 4.62. The monoisotopic (exact) mass is 327 g/mol. The average Bonchev–Trinajstić information content (AvgIpc) is 2.45. The van der Waals surface area contributed by atoms with Crippen LogP contribution in [0.3, 0.4) is 0 Å². The molecule has 23 heavy (non-hydrogen) atoms. The fraction of sp³-hybridized carbons (Fsp3) is 0.333. The molecule has 11 nitrogen and oxygen atoms in total. The summed E-state index contributed by atoms with van der Waals surface area (Å²) in [6.45, 7) is 1.64. The Morgan fingerprint density at radius 1 is 1.17 bits per heavy atom. The molecule has 0 fully saturated rings. The molecule has 0 unspecified atom stereocenters. The molecule has 124 valence electrons. The number of nitrogens with one attached hydrogen (secondary N) is 1. The summed E-state index contributed by atoms with van der Waals surface area (Å²) in [6.07, 6.45) is -0.649. The molecule has 0 bridgehead atoms. The van der Waals surface area contributed by atoms with Gasteiger partial charge in [0.05, 0.1) is 29.6 Å². The Morgan fingerprint density at radius 3 is 2.26 bits per heavy atom. The lowest BCUT2D eigenvalue weighted by Gasteiger charge is -2.08. The highest BCUT2D eigenvalue weighted by atomic mass is 16.6. The van der Waals surface area contributed by atoms with Crippen molar-refractivity contribution in [1.82, 2.24) is 0 Å². The first-order valence-electron chi connectivity index (χ1n) is 6.26. The molecule has 1 aromatic carbocycles. The van der Waals surface area contributed by atoms with E-state index in [1.165, 1.54) is 0 Å². The van der Waals surface area contributed by atoms with Crippen LogP contribution in [0, 0.1) is 20.2 Å². The lowest BCUT2D eigenvalue weighted by atomic mass is 10.2. The molecule has 0 saturated heterocycles. The van der Waals surface area contributed by atoms with Crippen LogP contribution in [0.25, 0.3) is 0 Å². The van der Waals surface area contributed by atoms with Crippen LogP contribution in [0.15, 0.2) is 12.1 Å². The smallest absolute Gasteiger partial charge is 0.317 e. The maximum absolute atomic E-state index is 11.7. The summed E-state index contributed by atoms with van der Waals surface area (Å²) in [6, 6.07) is 1.61. The van der Waals surface area contributed by atoms with E-state index < -0.39 is 39.5 Å². The van der Waals surface area contributed by atoms with Gasteiger partial charge in [-0.1, -0.05) is 0 Å². The quantitative estimate of drug-likeness (QED) is 0.341. The Balaban J connectivity index is 3.14. The number of carbonyl (C=O) groups is 2. The summed E-state index contributed by atoms with van der Waals surface area (Å²) in [5.41, 5.74) is -1.65. The van der Waals surface area contributed by atoms with Crippen molar-refractivity contribution in [3.05, 3.63) is 32.4 Å². The first-order chi connectivity index (χ1) is 10.8. The van der Waals surface area contributed by atoms with Gasteiger partial charge in [-0.05, 0) is 6.92 Å². The second-order valence-electron chi connectivity index (χ2n) is 4.09. The molecule has 1 N–H and O–H groups in total. The second kappa shape index (κ2) is 7.68. The van der Waals surface area contributed by atoms with Crippen molar-refractivity contribution < 1.29 is 28.9 Å². The van der Waals surface area contributed by atoms with Gasteiger partial charge in [0.25, 0.3) is 5.69 Å². The molecule has 1 rings (SSSR count). The Morgan fingerprint density at radius 2 is 1.78 bits per heavy atom. The number of amides is 1. The zero-order valence-electron chi connectivity index (χ0n) is 12.2. The third-order valence-corrected chi connectivity index (χ3v) is 2.57. The van der Waals surface area contributed by atoms with Gasteiger partial charge in [-0.3, -0.25) is 29.8 Å². The Labute approximate surface area is 129 Å². The minimum absolute atomic E-state index is 0.0810.